The third-order valence-corrected chi connectivity index (χ3v) is 5.95. The Balaban J connectivity index is 1.42. The van der Waals surface area contributed by atoms with Gasteiger partial charge in [0.05, 0.1) is 13.1 Å². The van der Waals surface area contributed by atoms with E-state index < -0.39 is 19.0 Å². The molecule has 6 heteroatoms. The molecule has 24 heavy (non-hydrogen) atoms. The quantitative estimate of drug-likeness (QED) is 0.852. The molecule has 1 amide bonds. The molecule has 3 aliphatic rings. The SMILES string of the molecule is O=C([C@H]1CCC[C@]12CCN(Cc1cccnc1)C2)N1CC(F)(F)C1. The minimum absolute atomic E-state index is 0.00975. The number of likely N-dealkylation sites (tertiary alicyclic amines) is 2. The fraction of sp³-hybridized carbons (Fsp3) is 0.667. The summed E-state index contributed by atoms with van der Waals surface area (Å²) in [4.78, 5) is 20.6. The first-order chi connectivity index (χ1) is 11.5. The lowest BCUT2D eigenvalue weighted by Gasteiger charge is -2.42. The van der Waals surface area contributed by atoms with E-state index in [1.54, 1.807) is 6.20 Å². The van der Waals surface area contributed by atoms with Crippen LogP contribution < -0.4 is 0 Å². The van der Waals surface area contributed by atoms with Gasteiger partial charge in [0.25, 0.3) is 5.92 Å². The van der Waals surface area contributed by atoms with Crippen molar-refractivity contribution in [2.45, 2.75) is 38.2 Å². The van der Waals surface area contributed by atoms with Gasteiger partial charge in [0.2, 0.25) is 5.91 Å². The van der Waals surface area contributed by atoms with Crippen LogP contribution in [0.4, 0.5) is 8.78 Å². The molecule has 1 spiro atoms. The largest absolute Gasteiger partial charge is 0.330 e. The molecule has 2 saturated heterocycles. The van der Waals surface area contributed by atoms with E-state index in [1.165, 1.54) is 10.5 Å². The highest BCUT2D eigenvalue weighted by Gasteiger charge is 2.55. The van der Waals surface area contributed by atoms with Gasteiger partial charge in [-0.3, -0.25) is 14.7 Å². The summed E-state index contributed by atoms with van der Waals surface area (Å²) in [6.07, 6.45) is 7.56. The van der Waals surface area contributed by atoms with Crippen molar-refractivity contribution in [3.8, 4) is 0 Å². The average molecular weight is 335 g/mol. The normalized spacial score (nSPS) is 32.2. The molecule has 0 aromatic carbocycles. The molecular formula is C18H23F2N3O. The smallest absolute Gasteiger partial charge is 0.282 e. The van der Waals surface area contributed by atoms with Crippen LogP contribution in [0.2, 0.25) is 0 Å². The van der Waals surface area contributed by atoms with Crippen molar-refractivity contribution < 1.29 is 13.6 Å². The summed E-state index contributed by atoms with van der Waals surface area (Å²) >= 11 is 0. The number of carbonyl (C=O) groups excluding carboxylic acids is 1. The Morgan fingerprint density at radius 1 is 1.29 bits per heavy atom. The average Bonchev–Trinajstić information content (AvgIpc) is 3.13. The molecular weight excluding hydrogens is 312 g/mol. The van der Waals surface area contributed by atoms with Crippen LogP contribution in [0.1, 0.15) is 31.2 Å². The maximum absolute atomic E-state index is 13.1. The number of hydrogen-bond donors (Lipinski definition) is 0. The zero-order valence-corrected chi connectivity index (χ0v) is 13.8. The van der Waals surface area contributed by atoms with E-state index >= 15 is 0 Å². The number of halogens is 2. The Morgan fingerprint density at radius 2 is 2.12 bits per heavy atom. The molecule has 4 nitrogen and oxygen atoms in total. The second-order valence-electron chi connectivity index (χ2n) is 7.68. The van der Waals surface area contributed by atoms with Crippen LogP contribution in [0.3, 0.4) is 0 Å². The summed E-state index contributed by atoms with van der Waals surface area (Å²) in [5.41, 5.74) is 1.17. The number of amides is 1. The second kappa shape index (κ2) is 5.76. The summed E-state index contributed by atoms with van der Waals surface area (Å²) in [5, 5.41) is 0. The number of pyridine rings is 1. The number of hydrogen-bond acceptors (Lipinski definition) is 3. The lowest BCUT2D eigenvalue weighted by molar-refractivity contribution is -0.172. The summed E-state index contributed by atoms with van der Waals surface area (Å²) in [7, 11) is 0. The van der Waals surface area contributed by atoms with Gasteiger partial charge in [-0.25, -0.2) is 8.78 Å². The van der Waals surface area contributed by atoms with E-state index in [9.17, 15) is 13.6 Å². The first-order valence-electron chi connectivity index (χ1n) is 8.75. The van der Waals surface area contributed by atoms with Crippen LogP contribution >= 0.6 is 0 Å². The van der Waals surface area contributed by atoms with Crippen molar-refractivity contribution in [1.29, 1.82) is 0 Å². The van der Waals surface area contributed by atoms with Crippen molar-refractivity contribution in [3.63, 3.8) is 0 Å². The van der Waals surface area contributed by atoms with E-state index in [2.05, 4.69) is 16.0 Å². The van der Waals surface area contributed by atoms with Crippen molar-refractivity contribution in [1.82, 2.24) is 14.8 Å². The second-order valence-corrected chi connectivity index (χ2v) is 7.68. The van der Waals surface area contributed by atoms with Crippen molar-refractivity contribution in [3.05, 3.63) is 30.1 Å². The highest BCUT2D eigenvalue weighted by Crippen LogP contribution is 2.51. The van der Waals surface area contributed by atoms with Gasteiger partial charge >= 0.3 is 0 Å². The Morgan fingerprint density at radius 3 is 2.83 bits per heavy atom. The van der Waals surface area contributed by atoms with Crippen LogP contribution in [-0.4, -0.2) is 52.8 Å². The molecule has 0 unspecified atom stereocenters. The molecule has 1 aliphatic carbocycles. The Kier molecular flexibility index (Phi) is 3.82. The standard InChI is InChI=1S/C18H23F2N3O/c19-18(20)12-23(13-18)16(24)15-4-1-5-17(15)6-8-22(11-17)10-14-3-2-7-21-9-14/h2-3,7,9,15H,1,4-6,8,10-13H2/t15-,17-/m1/s1. The first kappa shape index (κ1) is 15.9. The van der Waals surface area contributed by atoms with Gasteiger partial charge in [-0.1, -0.05) is 12.5 Å². The molecule has 1 aromatic rings. The summed E-state index contributed by atoms with van der Waals surface area (Å²) < 4.78 is 26.2. The Bertz CT molecular complexity index is 616. The van der Waals surface area contributed by atoms with Gasteiger partial charge in [0, 0.05) is 31.4 Å². The van der Waals surface area contributed by atoms with E-state index in [0.29, 0.717) is 0 Å². The molecule has 0 radical (unpaired) electrons. The summed E-state index contributed by atoms with van der Waals surface area (Å²) in [5.74, 6) is -2.79. The predicted octanol–water partition coefficient (Wildman–Crippen LogP) is 2.55. The van der Waals surface area contributed by atoms with Crippen LogP contribution in [0.25, 0.3) is 0 Å². The first-order valence-corrected chi connectivity index (χ1v) is 8.75. The minimum atomic E-state index is -2.68. The highest BCUT2D eigenvalue weighted by atomic mass is 19.3. The number of aromatic nitrogens is 1. The molecule has 2 atom stereocenters. The topological polar surface area (TPSA) is 36.4 Å². The van der Waals surface area contributed by atoms with Crippen LogP contribution in [-0.2, 0) is 11.3 Å². The zero-order valence-electron chi connectivity index (χ0n) is 13.8. The highest BCUT2D eigenvalue weighted by molar-refractivity contribution is 5.81. The van der Waals surface area contributed by atoms with Crippen LogP contribution in [0.5, 0.6) is 0 Å². The van der Waals surface area contributed by atoms with E-state index in [4.69, 9.17) is 0 Å². The van der Waals surface area contributed by atoms with Crippen LogP contribution in [0, 0.1) is 11.3 Å². The molecule has 1 aromatic heterocycles. The van der Waals surface area contributed by atoms with Gasteiger partial charge in [-0.05, 0) is 42.9 Å². The van der Waals surface area contributed by atoms with Crippen LogP contribution in [0.15, 0.2) is 24.5 Å². The van der Waals surface area contributed by atoms with E-state index in [0.717, 1.165) is 45.3 Å². The van der Waals surface area contributed by atoms with Crippen molar-refractivity contribution in [2.75, 3.05) is 26.2 Å². The molecule has 4 rings (SSSR count). The third kappa shape index (κ3) is 2.81. The Labute approximate surface area is 140 Å². The molecule has 2 aliphatic heterocycles. The lowest BCUT2D eigenvalue weighted by Crippen LogP contribution is -2.60. The maximum atomic E-state index is 13.1. The van der Waals surface area contributed by atoms with E-state index in [-0.39, 0.29) is 17.2 Å². The lowest BCUT2D eigenvalue weighted by atomic mass is 9.76. The van der Waals surface area contributed by atoms with Gasteiger partial charge in [-0.2, -0.15) is 0 Å². The molecule has 3 fully saturated rings. The number of nitrogens with zero attached hydrogens (tertiary/aromatic N) is 3. The number of rotatable bonds is 3. The molecule has 3 heterocycles. The maximum Gasteiger partial charge on any atom is 0.282 e. The van der Waals surface area contributed by atoms with Crippen molar-refractivity contribution >= 4 is 5.91 Å². The van der Waals surface area contributed by atoms with Gasteiger partial charge in [0.15, 0.2) is 0 Å². The zero-order chi connectivity index (χ0) is 16.8. The molecule has 0 N–H and O–H groups in total. The van der Waals surface area contributed by atoms with Gasteiger partial charge < -0.3 is 4.90 Å². The third-order valence-electron chi connectivity index (χ3n) is 5.95. The van der Waals surface area contributed by atoms with Gasteiger partial charge in [0.1, 0.15) is 0 Å². The number of alkyl halides is 2. The fourth-order valence-electron chi connectivity index (χ4n) is 4.77. The minimum Gasteiger partial charge on any atom is -0.330 e. The summed E-state index contributed by atoms with van der Waals surface area (Å²) in [6.45, 7) is 1.92. The predicted molar refractivity (Wildman–Crippen MR) is 85.4 cm³/mol. The monoisotopic (exact) mass is 335 g/mol. The number of carbonyl (C=O) groups is 1. The van der Waals surface area contributed by atoms with Gasteiger partial charge in [-0.15, -0.1) is 0 Å². The Hall–Kier alpha value is -1.56. The van der Waals surface area contributed by atoms with E-state index in [1.807, 2.05) is 12.3 Å². The van der Waals surface area contributed by atoms with Crippen molar-refractivity contribution in [2.24, 2.45) is 11.3 Å². The summed E-state index contributed by atoms with van der Waals surface area (Å²) in [6, 6.07) is 4.00. The molecule has 130 valence electrons. The molecule has 0 bridgehead atoms. The molecule has 1 saturated carbocycles. The fourth-order valence-corrected chi connectivity index (χ4v) is 4.77.